The predicted octanol–water partition coefficient (Wildman–Crippen LogP) is 13.3. The van der Waals surface area contributed by atoms with Crippen molar-refractivity contribution in [2.45, 2.75) is 32.6 Å². The minimum atomic E-state index is -0.785. The molecule has 6 heteroatoms. The molecule has 7 aromatic carbocycles. The smallest absolute Gasteiger partial charge is 0.267 e. The molecule has 0 N–H and O–H groups in total. The fourth-order valence-electron chi connectivity index (χ4n) is 7.76. The van der Waals surface area contributed by atoms with E-state index in [4.69, 9.17) is 23.4 Å². The minimum Gasteiger partial charge on any atom is -0.510 e. The molecule has 0 aliphatic carbocycles. The molecule has 0 amide bonds. The van der Waals surface area contributed by atoms with Crippen LogP contribution in [0.5, 0.6) is 11.5 Å². The zero-order valence-electron chi connectivity index (χ0n) is 44.1. The molecular weight excluding hydrogens is 928 g/mol. The predicted molar refractivity (Wildman–Crippen MR) is 242 cm³/mol. The van der Waals surface area contributed by atoms with E-state index in [0.717, 1.165) is 38.5 Å². The summed E-state index contributed by atoms with van der Waals surface area (Å²) in [5.41, 5.74) is 5.26. The molecule has 300 valence electrons. The molecule has 0 aliphatic heterocycles. The van der Waals surface area contributed by atoms with Crippen LogP contribution in [-0.2, 0) is 21.1 Å². The molecule has 0 unspecified atom stereocenters. The summed E-state index contributed by atoms with van der Waals surface area (Å²) in [6.07, 6.45) is 9.52. The SMILES string of the molecule is [2H]c1c([2H])c([2H])c(-c2cccc(-c3c([2H])c([2H])c([2H])c([2H])c3[2H])c2-[n+]2[c-]n(-c3[c-]c(Oc4[c-]c5c(cc4)c4cc(-c6ccccc6)ccc4n5-c4cc(C([2H])(CC)CC)ccn4)ccc3)cc2)c([2H])c1[2H].[Pt]. The molecule has 10 rings (SSSR count). The number of hydrogen-bond donors (Lipinski definition) is 0. The molecule has 0 aliphatic rings. The minimum absolute atomic E-state index is 0. The van der Waals surface area contributed by atoms with Gasteiger partial charge in [0, 0.05) is 58.0 Å². The Morgan fingerprint density at radius 1 is 0.689 bits per heavy atom. The Balaban J connectivity index is 0.00000640. The summed E-state index contributed by atoms with van der Waals surface area (Å²) in [4.78, 5) is 4.83. The van der Waals surface area contributed by atoms with Crippen LogP contribution >= 0.6 is 0 Å². The number of imidazole rings is 1. The number of rotatable bonds is 11. The third kappa shape index (κ3) is 7.74. The van der Waals surface area contributed by atoms with Crippen molar-refractivity contribution in [3.05, 3.63) is 212 Å². The van der Waals surface area contributed by atoms with E-state index in [0.29, 0.717) is 35.8 Å². The van der Waals surface area contributed by atoms with Gasteiger partial charge in [-0.25, -0.2) is 4.98 Å². The molecule has 0 saturated heterocycles. The van der Waals surface area contributed by atoms with Crippen molar-refractivity contribution >= 4 is 21.8 Å². The van der Waals surface area contributed by atoms with Gasteiger partial charge < -0.3 is 13.9 Å². The second-order valence-corrected chi connectivity index (χ2v) is 14.1. The van der Waals surface area contributed by atoms with Gasteiger partial charge in [-0.15, -0.1) is 29.7 Å². The van der Waals surface area contributed by atoms with Crippen molar-refractivity contribution in [2.75, 3.05) is 0 Å². The average Bonchev–Trinajstić information content (AvgIpc) is 4.02. The summed E-state index contributed by atoms with van der Waals surface area (Å²) in [6.45, 7) is 4.05. The summed E-state index contributed by atoms with van der Waals surface area (Å²) < 4.78 is 107. The quantitative estimate of drug-likeness (QED) is 0.0956. The Hall–Kier alpha value is -6.81. The summed E-state index contributed by atoms with van der Waals surface area (Å²) in [6, 6.07) is 35.8. The molecule has 61 heavy (non-hydrogen) atoms. The Labute approximate surface area is 386 Å². The van der Waals surface area contributed by atoms with E-state index >= 15 is 0 Å². The van der Waals surface area contributed by atoms with Crippen molar-refractivity contribution in [2.24, 2.45) is 0 Å². The van der Waals surface area contributed by atoms with Gasteiger partial charge in [-0.2, -0.15) is 18.2 Å². The average molecular weight is 981 g/mol. The van der Waals surface area contributed by atoms with Gasteiger partial charge in [-0.05, 0) is 87.0 Å². The molecule has 10 aromatic rings. The zero-order chi connectivity index (χ0) is 50.0. The van der Waals surface area contributed by atoms with Crippen LogP contribution in [0.4, 0.5) is 0 Å². The van der Waals surface area contributed by atoms with Gasteiger partial charge in [0.1, 0.15) is 5.82 Å². The molecular formula is C55H42N4OPt-2. The van der Waals surface area contributed by atoms with Crippen LogP contribution in [0.25, 0.3) is 72.4 Å². The monoisotopic (exact) mass is 980 g/mol. The first-order valence-corrected chi connectivity index (χ1v) is 19.7. The number of fused-ring (bicyclic) bond motifs is 3. The van der Waals surface area contributed by atoms with Gasteiger partial charge in [0.05, 0.1) is 19.4 Å². The van der Waals surface area contributed by atoms with E-state index < -0.39 is 66.3 Å². The van der Waals surface area contributed by atoms with Crippen molar-refractivity contribution in [3.63, 3.8) is 0 Å². The topological polar surface area (TPSA) is 35.9 Å². The van der Waals surface area contributed by atoms with E-state index in [-0.39, 0.29) is 49.0 Å². The van der Waals surface area contributed by atoms with Gasteiger partial charge in [0.25, 0.3) is 6.33 Å². The van der Waals surface area contributed by atoms with E-state index in [1.54, 1.807) is 59.6 Å². The van der Waals surface area contributed by atoms with E-state index in [9.17, 15) is 1.37 Å². The maximum Gasteiger partial charge on any atom is 0.267 e. The molecule has 3 heterocycles. The molecule has 0 spiro atoms. The van der Waals surface area contributed by atoms with Crippen LogP contribution < -0.4 is 9.30 Å². The fourth-order valence-corrected chi connectivity index (χ4v) is 7.76. The van der Waals surface area contributed by atoms with Gasteiger partial charge in [-0.3, -0.25) is 4.57 Å². The summed E-state index contributed by atoms with van der Waals surface area (Å²) in [7, 11) is 0. The van der Waals surface area contributed by atoms with Gasteiger partial charge in [-0.1, -0.05) is 140 Å². The van der Waals surface area contributed by atoms with Crippen LogP contribution in [0, 0.1) is 18.5 Å². The molecule has 0 radical (unpaired) electrons. The Morgan fingerprint density at radius 2 is 1.39 bits per heavy atom. The molecule has 0 atom stereocenters. The summed E-state index contributed by atoms with van der Waals surface area (Å²) >= 11 is 0. The summed E-state index contributed by atoms with van der Waals surface area (Å²) in [5, 5.41) is 1.92. The first kappa shape index (κ1) is 28.6. The van der Waals surface area contributed by atoms with Gasteiger partial charge in [0.15, 0.2) is 0 Å². The second-order valence-electron chi connectivity index (χ2n) is 14.1. The molecule has 5 nitrogen and oxygen atoms in total. The van der Waals surface area contributed by atoms with Crippen molar-refractivity contribution < 1.29 is 45.4 Å². The van der Waals surface area contributed by atoms with E-state index in [2.05, 4.69) is 53.4 Å². The number of hydrogen-bond acceptors (Lipinski definition) is 2. The number of para-hydroxylation sites is 1. The van der Waals surface area contributed by atoms with Crippen LogP contribution in [0.1, 0.15) is 53.2 Å². The van der Waals surface area contributed by atoms with Crippen LogP contribution in [-0.4, -0.2) is 14.1 Å². The van der Waals surface area contributed by atoms with Crippen LogP contribution in [0.2, 0.25) is 0 Å². The van der Waals surface area contributed by atoms with E-state index in [1.807, 2.05) is 56.3 Å². The van der Waals surface area contributed by atoms with Gasteiger partial charge in [0.2, 0.25) is 0 Å². The number of aromatic nitrogens is 4. The number of benzene rings is 7. The van der Waals surface area contributed by atoms with Crippen molar-refractivity contribution in [3.8, 4) is 62.1 Å². The fraction of sp³-hybridized carbons (Fsp3) is 0.0909. The zero-order valence-corrected chi connectivity index (χ0v) is 35.3. The number of nitrogens with zero attached hydrogens (tertiary/aromatic N) is 4. The maximum atomic E-state index is 9.24. The maximum absolute atomic E-state index is 9.24. The van der Waals surface area contributed by atoms with Crippen LogP contribution in [0.15, 0.2) is 188 Å². The van der Waals surface area contributed by atoms with Crippen molar-refractivity contribution in [1.82, 2.24) is 14.1 Å². The third-order valence-corrected chi connectivity index (χ3v) is 10.6. The standard InChI is InChI=1S/C55H42N4O.Pt/c1-3-39(4-2)44-30-31-56-54(35-44)59-52-29-26-43(40-16-8-5-9-17-40)34-51(52)50-28-27-47(37-53(50)59)60-46-23-14-22-45(36-46)57-32-33-58(38-57)55-48(41-18-10-6-11-19-41)24-15-25-49(55)42-20-12-7-13-21-42;/h5-35,39H,3-4H2,1-2H3;/q-2;/i6D,7D,10D,11D,12D,13D,18D,19D,20D,21D,39D;. The largest absolute Gasteiger partial charge is 0.510 e. The first-order valence-electron chi connectivity index (χ1n) is 25.2. The molecule has 0 bridgehead atoms. The Morgan fingerprint density at radius 3 is 2.11 bits per heavy atom. The van der Waals surface area contributed by atoms with Crippen LogP contribution in [0.3, 0.4) is 0 Å². The number of pyridine rings is 1. The number of ether oxygens (including phenoxy) is 1. The Kier molecular flexibility index (Phi) is 8.17. The molecule has 0 saturated carbocycles. The normalized spacial score (nSPS) is 14.0. The second kappa shape index (κ2) is 17.4. The Bertz CT molecular complexity index is 3620. The molecule has 3 aromatic heterocycles. The van der Waals surface area contributed by atoms with E-state index in [1.165, 1.54) is 4.57 Å². The molecule has 0 fully saturated rings. The van der Waals surface area contributed by atoms with Gasteiger partial charge >= 0.3 is 0 Å². The third-order valence-electron chi connectivity index (χ3n) is 10.6. The summed E-state index contributed by atoms with van der Waals surface area (Å²) in [5.74, 6) is 0.598. The first-order chi connectivity index (χ1) is 34.1. The van der Waals surface area contributed by atoms with Crippen molar-refractivity contribution in [1.29, 1.82) is 0 Å².